The standard InChI is InChI=1S/C22H26N4O3/c1-15-16(2)24-29-22(15)18-13-25(3)23-21(18)19-11-7-8-12-26(19)20(27)14-28-17-9-5-4-6-10-17/h4-6,9-10,13,19H,7-8,11-12,14H2,1-3H3/t19-/m1/s1. The average Bonchev–Trinajstić information content (AvgIpc) is 3.29. The van der Waals surface area contributed by atoms with Gasteiger partial charge in [-0.05, 0) is 45.2 Å². The second-order valence-corrected chi connectivity index (χ2v) is 7.52. The molecule has 3 heterocycles. The van der Waals surface area contributed by atoms with Gasteiger partial charge in [0, 0.05) is 25.4 Å². The number of carbonyl (C=O) groups excluding carboxylic acids is 1. The Hall–Kier alpha value is -3.09. The van der Waals surface area contributed by atoms with E-state index < -0.39 is 0 Å². The van der Waals surface area contributed by atoms with Gasteiger partial charge in [0.1, 0.15) is 5.75 Å². The third-order valence-electron chi connectivity index (χ3n) is 5.50. The van der Waals surface area contributed by atoms with Crippen LogP contribution in [-0.2, 0) is 11.8 Å². The number of carbonyl (C=O) groups is 1. The fourth-order valence-electron chi connectivity index (χ4n) is 3.85. The topological polar surface area (TPSA) is 73.4 Å². The highest BCUT2D eigenvalue weighted by atomic mass is 16.5. The monoisotopic (exact) mass is 394 g/mol. The maximum Gasteiger partial charge on any atom is 0.261 e. The normalized spacial score (nSPS) is 16.8. The lowest BCUT2D eigenvalue weighted by atomic mass is 9.95. The highest BCUT2D eigenvalue weighted by molar-refractivity contribution is 5.79. The maximum absolute atomic E-state index is 13.0. The van der Waals surface area contributed by atoms with Crippen molar-refractivity contribution in [2.45, 2.75) is 39.2 Å². The van der Waals surface area contributed by atoms with E-state index in [4.69, 9.17) is 14.4 Å². The fraction of sp³-hybridized carbons (Fsp3) is 0.409. The van der Waals surface area contributed by atoms with Crippen LogP contribution < -0.4 is 4.74 Å². The summed E-state index contributed by atoms with van der Waals surface area (Å²) in [6.45, 7) is 4.64. The summed E-state index contributed by atoms with van der Waals surface area (Å²) >= 11 is 0. The Balaban J connectivity index is 1.59. The highest BCUT2D eigenvalue weighted by Crippen LogP contribution is 2.37. The van der Waals surface area contributed by atoms with Crippen LogP contribution in [0.2, 0.25) is 0 Å². The lowest BCUT2D eigenvalue weighted by Crippen LogP contribution is -2.41. The van der Waals surface area contributed by atoms with E-state index in [0.717, 1.165) is 47.5 Å². The number of aromatic nitrogens is 3. The summed E-state index contributed by atoms with van der Waals surface area (Å²) in [6, 6.07) is 9.32. The molecular weight excluding hydrogens is 368 g/mol. The van der Waals surface area contributed by atoms with E-state index in [-0.39, 0.29) is 18.6 Å². The first kappa shape index (κ1) is 19.2. The number of piperidine rings is 1. The van der Waals surface area contributed by atoms with Gasteiger partial charge in [0.25, 0.3) is 5.91 Å². The minimum absolute atomic E-state index is 0.0170. The molecule has 7 heteroatoms. The lowest BCUT2D eigenvalue weighted by molar-refractivity contribution is -0.137. The molecule has 0 saturated carbocycles. The van der Waals surface area contributed by atoms with Gasteiger partial charge in [0.05, 0.1) is 23.0 Å². The first-order valence-electron chi connectivity index (χ1n) is 9.98. The van der Waals surface area contributed by atoms with Crippen molar-refractivity contribution in [3.63, 3.8) is 0 Å². The van der Waals surface area contributed by atoms with Gasteiger partial charge in [-0.1, -0.05) is 23.4 Å². The molecule has 0 N–H and O–H groups in total. The van der Waals surface area contributed by atoms with E-state index in [0.29, 0.717) is 12.3 Å². The molecule has 1 atom stereocenters. The van der Waals surface area contributed by atoms with Crippen molar-refractivity contribution < 1.29 is 14.1 Å². The summed E-state index contributed by atoms with van der Waals surface area (Å²) in [5, 5.41) is 8.80. The smallest absolute Gasteiger partial charge is 0.261 e. The molecule has 0 spiro atoms. The molecule has 0 bridgehead atoms. The van der Waals surface area contributed by atoms with Crippen molar-refractivity contribution in [2.24, 2.45) is 7.05 Å². The van der Waals surface area contributed by atoms with Crippen molar-refractivity contribution in [3.05, 3.63) is 53.5 Å². The molecule has 1 aliphatic heterocycles. The average molecular weight is 394 g/mol. The van der Waals surface area contributed by atoms with Crippen molar-refractivity contribution in [3.8, 4) is 17.1 Å². The number of hydrogen-bond donors (Lipinski definition) is 0. The molecule has 0 radical (unpaired) electrons. The van der Waals surface area contributed by atoms with Gasteiger partial charge >= 0.3 is 0 Å². The van der Waals surface area contributed by atoms with Gasteiger partial charge in [0.2, 0.25) is 0 Å². The largest absolute Gasteiger partial charge is 0.484 e. The van der Waals surface area contributed by atoms with Crippen LogP contribution in [0.4, 0.5) is 0 Å². The number of ether oxygens (including phenoxy) is 1. The van der Waals surface area contributed by atoms with Crippen LogP contribution in [0, 0.1) is 13.8 Å². The molecule has 1 aliphatic rings. The second kappa shape index (κ2) is 8.11. The van der Waals surface area contributed by atoms with Gasteiger partial charge in [-0.3, -0.25) is 9.48 Å². The summed E-state index contributed by atoms with van der Waals surface area (Å²) < 4.78 is 13.1. The quantitative estimate of drug-likeness (QED) is 0.658. The first-order chi connectivity index (χ1) is 14.0. The highest BCUT2D eigenvalue weighted by Gasteiger charge is 2.33. The number of nitrogens with zero attached hydrogens (tertiary/aromatic N) is 4. The van der Waals surface area contributed by atoms with Gasteiger partial charge in [-0.2, -0.15) is 5.10 Å². The van der Waals surface area contributed by atoms with Crippen molar-refractivity contribution in [2.75, 3.05) is 13.2 Å². The van der Waals surface area contributed by atoms with E-state index in [9.17, 15) is 4.79 Å². The summed E-state index contributed by atoms with van der Waals surface area (Å²) in [5.41, 5.74) is 3.63. The molecule has 29 heavy (non-hydrogen) atoms. The third-order valence-corrected chi connectivity index (χ3v) is 5.50. The predicted molar refractivity (Wildman–Crippen MR) is 108 cm³/mol. The van der Waals surface area contributed by atoms with E-state index in [1.165, 1.54) is 0 Å². The fourth-order valence-corrected chi connectivity index (χ4v) is 3.85. The van der Waals surface area contributed by atoms with Crippen molar-refractivity contribution >= 4 is 5.91 Å². The van der Waals surface area contributed by atoms with Crippen LogP contribution in [0.3, 0.4) is 0 Å². The number of aryl methyl sites for hydroxylation is 2. The van der Waals surface area contributed by atoms with Crippen LogP contribution in [0.15, 0.2) is 41.1 Å². The van der Waals surface area contributed by atoms with Gasteiger partial charge in [0.15, 0.2) is 12.4 Å². The number of hydrogen-bond acceptors (Lipinski definition) is 5. The summed E-state index contributed by atoms with van der Waals surface area (Å²) in [7, 11) is 1.89. The molecule has 4 rings (SSSR count). The molecule has 7 nitrogen and oxygen atoms in total. The number of likely N-dealkylation sites (tertiary alicyclic amines) is 1. The zero-order valence-corrected chi connectivity index (χ0v) is 17.1. The molecule has 0 aliphatic carbocycles. The summed E-state index contributed by atoms with van der Waals surface area (Å²) in [6.07, 6.45) is 4.85. The van der Waals surface area contributed by atoms with Gasteiger partial charge in [-0.25, -0.2) is 0 Å². The number of para-hydroxylation sites is 1. The molecule has 3 aromatic rings. The SMILES string of the molecule is Cc1noc(-c2cn(C)nc2[C@H]2CCCCN2C(=O)COc2ccccc2)c1C. The zero-order valence-electron chi connectivity index (χ0n) is 17.1. The third kappa shape index (κ3) is 3.90. The van der Waals surface area contributed by atoms with Crippen LogP contribution in [-0.4, -0.2) is 38.9 Å². The Morgan fingerprint density at radius 2 is 2.03 bits per heavy atom. The molecular formula is C22H26N4O3. The molecule has 0 unspecified atom stereocenters. The van der Waals surface area contributed by atoms with Crippen LogP contribution in [0.25, 0.3) is 11.3 Å². The minimum Gasteiger partial charge on any atom is -0.484 e. The van der Waals surface area contributed by atoms with E-state index in [2.05, 4.69) is 5.16 Å². The second-order valence-electron chi connectivity index (χ2n) is 7.52. The van der Waals surface area contributed by atoms with Crippen LogP contribution in [0.1, 0.15) is 42.3 Å². The minimum atomic E-state index is -0.100. The van der Waals surface area contributed by atoms with E-state index in [1.807, 2.05) is 62.3 Å². The van der Waals surface area contributed by atoms with Crippen LogP contribution in [0.5, 0.6) is 5.75 Å². The first-order valence-corrected chi connectivity index (χ1v) is 9.98. The number of rotatable bonds is 5. The van der Waals surface area contributed by atoms with E-state index >= 15 is 0 Å². The molecule has 1 aromatic carbocycles. The Labute approximate surface area is 170 Å². The Kier molecular flexibility index (Phi) is 5.38. The van der Waals surface area contributed by atoms with Gasteiger partial charge in [-0.15, -0.1) is 0 Å². The maximum atomic E-state index is 13.0. The van der Waals surface area contributed by atoms with Crippen molar-refractivity contribution in [1.82, 2.24) is 19.8 Å². The van der Waals surface area contributed by atoms with Gasteiger partial charge < -0.3 is 14.2 Å². The Morgan fingerprint density at radius 1 is 1.24 bits per heavy atom. The molecule has 1 saturated heterocycles. The zero-order chi connectivity index (χ0) is 20.4. The predicted octanol–water partition coefficient (Wildman–Crippen LogP) is 3.82. The molecule has 152 valence electrons. The van der Waals surface area contributed by atoms with Crippen molar-refractivity contribution in [1.29, 1.82) is 0 Å². The number of benzene rings is 1. The molecule has 1 fully saturated rings. The number of amides is 1. The summed E-state index contributed by atoms with van der Waals surface area (Å²) in [4.78, 5) is 14.9. The summed E-state index contributed by atoms with van der Waals surface area (Å²) in [5.74, 6) is 1.39. The Bertz CT molecular complexity index is 993. The Morgan fingerprint density at radius 3 is 2.76 bits per heavy atom. The molecule has 1 amide bonds. The van der Waals surface area contributed by atoms with Crippen LogP contribution >= 0.6 is 0 Å². The molecule has 2 aromatic heterocycles. The lowest BCUT2D eigenvalue weighted by Gasteiger charge is -2.35. The van der Waals surface area contributed by atoms with E-state index in [1.54, 1.807) is 4.68 Å².